The Morgan fingerprint density at radius 1 is 1.35 bits per heavy atom. The Kier molecular flexibility index (Phi) is 3.13. The molecule has 0 radical (unpaired) electrons. The number of hydrogen-bond donors (Lipinski definition) is 1. The molecular formula is C11H12N4O2. The maximum Gasteiger partial charge on any atom is 0.356 e. The molecule has 2 aromatic rings. The first-order valence-corrected chi connectivity index (χ1v) is 5.30. The van der Waals surface area contributed by atoms with Crippen LogP contribution in [0.4, 0.5) is 0 Å². The van der Waals surface area contributed by atoms with E-state index in [2.05, 4.69) is 21.9 Å². The van der Waals surface area contributed by atoms with Gasteiger partial charge in [-0.1, -0.05) is 6.92 Å². The van der Waals surface area contributed by atoms with Gasteiger partial charge in [0.15, 0.2) is 11.5 Å². The number of carbonyl (C=O) groups is 1. The van der Waals surface area contributed by atoms with Crippen molar-refractivity contribution in [3.63, 3.8) is 0 Å². The van der Waals surface area contributed by atoms with Crippen LogP contribution in [0.1, 0.15) is 29.7 Å². The van der Waals surface area contributed by atoms with Crippen molar-refractivity contribution in [2.45, 2.75) is 19.8 Å². The molecule has 0 aliphatic carbocycles. The second-order valence-electron chi connectivity index (χ2n) is 3.53. The van der Waals surface area contributed by atoms with Gasteiger partial charge in [0.25, 0.3) is 0 Å². The van der Waals surface area contributed by atoms with Crippen LogP contribution < -0.4 is 0 Å². The summed E-state index contributed by atoms with van der Waals surface area (Å²) >= 11 is 0. The summed E-state index contributed by atoms with van der Waals surface area (Å²) in [4.78, 5) is 22.8. The van der Waals surface area contributed by atoms with E-state index in [1.54, 1.807) is 12.4 Å². The van der Waals surface area contributed by atoms with E-state index in [0.717, 1.165) is 18.7 Å². The van der Waals surface area contributed by atoms with Crippen LogP contribution in [-0.2, 0) is 6.42 Å². The molecule has 0 amide bonds. The fourth-order valence-electron chi connectivity index (χ4n) is 1.51. The first kappa shape index (κ1) is 11.3. The van der Waals surface area contributed by atoms with E-state index in [1.165, 1.54) is 12.4 Å². The molecule has 6 nitrogen and oxygen atoms in total. The van der Waals surface area contributed by atoms with Gasteiger partial charge in [0, 0.05) is 18.8 Å². The molecule has 0 fully saturated rings. The van der Waals surface area contributed by atoms with Gasteiger partial charge in [0.2, 0.25) is 0 Å². The third kappa shape index (κ3) is 2.30. The number of carboxylic acid groups (broad SMARTS) is 1. The van der Waals surface area contributed by atoms with Crippen molar-refractivity contribution in [1.29, 1.82) is 0 Å². The van der Waals surface area contributed by atoms with E-state index in [4.69, 9.17) is 5.11 Å². The van der Waals surface area contributed by atoms with Crippen LogP contribution in [-0.4, -0.2) is 30.6 Å². The number of aromatic carboxylic acids is 1. The minimum absolute atomic E-state index is 0.0640. The number of rotatable bonds is 4. The summed E-state index contributed by atoms with van der Waals surface area (Å²) in [5.41, 5.74) is -0.0640. The molecule has 17 heavy (non-hydrogen) atoms. The third-order valence-corrected chi connectivity index (χ3v) is 2.30. The van der Waals surface area contributed by atoms with Gasteiger partial charge in [0.05, 0.1) is 12.4 Å². The Balaban J connectivity index is 2.33. The predicted molar refractivity (Wildman–Crippen MR) is 60.1 cm³/mol. The van der Waals surface area contributed by atoms with Crippen LogP contribution in [0.5, 0.6) is 0 Å². The maximum absolute atomic E-state index is 10.6. The standard InChI is InChI=1S/C11H12N4O2/c1-2-3-9-12-4-5-15(9)10-7-13-8(6-14-10)11(16)17/h4-7H,2-3H2,1H3,(H,16,17). The van der Waals surface area contributed by atoms with E-state index in [-0.39, 0.29) is 5.69 Å². The monoisotopic (exact) mass is 232 g/mol. The molecule has 1 N–H and O–H groups in total. The van der Waals surface area contributed by atoms with Crippen molar-refractivity contribution in [1.82, 2.24) is 19.5 Å². The zero-order chi connectivity index (χ0) is 12.3. The van der Waals surface area contributed by atoms with Gasteiger partial charge >= 0.3 is 5.97 Å². The maximum atomic E-state index is 10.6. The Bertz CT molecular complexity index is 519. The highest BCUT2D eigenvalue weighted by Gasteiger charge is 2.08. The quantitative estimate of drug-likeness (QED) is 0.859. The molecule has 0 unspecified atom stereocenters. The van der Waals surface area contributed by atoms with Crippen LogP contribution in [0.25, 0.3) is 5.82 Å². The summed E-state index contributed by atoms with van der Waals surface area (Å²) in [5, 5.41) is 8.72. The van der Waals surface area contributed by atoms with Crippen molar-refractivity contribution < 1.29 is 9.90 Å². The molecule has 2 heterocycles. The molecule has 0 saturated carbocycles. The number of carboxylic acids is 1. The molecule has 0 aliphatic heterocycles. The van der Waals surface area contributed by atoms with Crippen LogP contribution in [0.2, 0.25) is 0 Å². The lowest BCUT2D eigenvalue weighted by molar-refractivity contribution is 0.0690. The minimum atomic E-state index is -1.08. The van der Waals surface area contributed by atoms with Gasteiger partial charge < -0.3 is 5.11 Å². The lowest BCUT2D eigenvalue weighted by Gasteiger charge is -2.05. The minimum Gasteiger partial charge on any atom is -0.476 e. The molecule has 0 aliphatic rings. The van der Waals surface area contributed by atoms with Gasteiger partial charge in [-0.25, -0.2) is 19.7 Å². The molecule has 88 valence electrons. The number of aromatic nitrogens is 4. The number of hydrogen-bond acceptors (Lipinski definition) is 4. The van der Waals surface area contributed by atoms with E-state index >= 15 is 0 Å². The van der Waals surface area contributed by atoms with E-state index in [1.807, 2.05) is 4.57 Å². The fourth-order valence-corrected chi connectivity index (χ4v) is 1.51. The molecule has 0 spiro atoms. The molecule has 2 aromatic heterocycles. The summed E-state index contributed by atoms with van der Waals surface area (Å²) in [7, 11) is 0. The molecule has 0 atom stereocenters. The number of nitrogens with zero attached hydrogens (tertiary/aromatic N) is 4. The summed E-state index contributed by atoms with van der Waals surface area (Å²) in [5.74, 6) is 0.393. The Hall–Kier alpha value is -2.24. The molecule has 0 bridgehead atoms. The molecule has 6 heteroatoms. The van der Waals surface area contributed by atoms with Gasteiger partial charge in [0.1, 0.15) is 5.82 Å². The van der Waals surface area contributed by atoms with Gasteiger partial charge in [-0.2, -0.15) is 0 Å². The average Bonchev–Trinajstić information content (AvgIpc) is 2.78. The van der Waals surface area contributed by atoms with Crippen LogP contribution in [0.15, 0.2) is 24.8 Å². The van der Waals surface area contributed by atoms with Crippen molar-refractivity contribution >= 4 is 5.97 Å². The lowest BCUT2D eigenvalue weighted by atomic mass is 10.3. The zero-order valence-electron chi connectivity index (χ0n) is 9.37. The summed E-state index contributed by atoms with van der Waals surface area (Å²) in [6, 6.07) is 0. The highest BCUT2D eigenvalue weighted by atomic mass is 16.4. The Labute approximate surface area is 98.0 Å². The smallest absolute Gasteiger partial charge is 0.356 e. The molecule has 0 saturated heterocycles. The normalized spacial score (nSPS) is 10.4. The second-order valence-corrected chi connectivity index (χ2v) is 3.53. The van der Waals surface area contributed by atoms with Crippen molar-refractivity contribution in [3.05, 3.63) is 36.3 Å². The van der Waals surface area contributed by atoms with Crippen LogP contribution >= 0.6 is 0 Å². The molecule has 0 aromatic carbocycles. The predicted octanol–water partition coefficient (Wildman–Crippen LogP) is 1.31. The molecular weight excluding hydrogens is 220 g/mol. The third-order valence-electron chi connectivity index (χ3n) is 2.30. The van der Waals surface area contributed by atoms with E-state index < -0.39 is 5.97 Å². The Morgan fingerprint density at radius 2 is 2.18 bits per heavy atom. The average molecular weight is 232 g/mol. The van der Waals surface area contributed by atoms with Crippen LogP contribution in [0, 0.1) is 0 Å². The van der Waals surface area contributed by atoms with Gasteiger partial charge in [-0.05, 0) is 6.42 Å². The highest BCUT2D eigenvalue weighted by Crippen LogP contribution is 2.08. The summed E-state index contributed by atoms with van der Waals surface area (Å²) < 4.78 is 1.81. The lowest BCUT2D eigenvalue weighted by Crippen LogP contribution is -2.06. The fraction of sp³-hybridized carbons (Fsp3) is 0.273. The van der Waals surface area contributed by atoms with Crippen molar-refractivity contribution in [2.24, 2.45) is 0 Å². The van der Waals surface area contributed by atoms with E-state index in [0.29, 0.717) is 5.82 Å². The van der Waals surface area contributed by atoms with E-state index in [9.17, 15) is 4.79 Å². The largest absolute Gasteiger partial charge is 0.476 e. The summed E-state index contributed by atoms with van der Waals surface area (Å²) in [6.07, 6.45) is 7.98. The van der Waals surface area contributed by atoms with Crippen molar-refractivity contribution in [2.75, 3.05) is 0 Å². The SMILES string of the molecule is CCCc1nccn1-c1cnc(C(=O)O)cn1. The topological polar surface area (TPSA) is 80.9 Å². The molecule has 2 rings (SSSR count). The van der Waals surface area contributed by atoms with Crippen LogP contribution in [0.3, 0.4) is 0 Å². The first-order chi connectivity index (χ1) is 8.22. The Morgan fingerprint density at radius 3 is 2.76 bits per heavy atom. The zero-order valence-corrected chi connectivity index (χ0v) is 9.37. The number of aryl methyl sites for hydroxylation is 1. The van der Waals surface area contributed by atoms with Gasteiger partial charge in [-0.3, -0.25) is 4.57 Å². The first-order valence-electron chi connectivity index (χ1n) is 5.30. The van der Waals surface area contributed by atoms with Crippen molar-refractivity contribution in [3.8, 4) is 5.82 Å². The highest BCUT2D eigenvalue weighted by molar-refractivity contribution is 5.84. The van der Waals surface area contributed by atoms with Gasteiger partial charge in [-0.15, -0.1) is 0 Å². The number of imidazole rings is 1. The summed E-state index contributed by atoms with van der Waals surface area (Å²) in [6.45, 7) is 2.07. The second kappa shape index (κ2) is 4.73.